The van der Waals surface area contributed by atoms with Gasteiger partial charge in [0.2, 0.25) is 5.91 Å². The van der Waals surface area contributed by atoms with Gasteiger partial charge in [0.1, 0.15) is 16.7 Å². The first-order chi connectivity index (χ1) is 12.5. The highest BCUT2D eigenvalue weighted by Crippen LogP contribution is 2.28. The highest BCUT2D eigenvalue weighted by Gasteiger charge is 2.35. The third-order valence-electron chi connectivity index (χ3n) is 3.94. The van der Waals surface area contributed by atoms with Crippen molar-refractivity contribution in [3.05, 3.63) is 40.4 Å². The van der Waals surface area contributed by atoms with Gasteiger partial charge < -0.3 is 10.2 Å². The molecule has 26 heavy (non-hydrogen) atoms. The minimum Gasteiger partial charge on any atom is -0.354 e. The summed E-state index contributed by atoms with van der Waals surface area (Å²) in [4.78, 5) is 31.3. The molecule has 1 unspecified atom stereocenters. The van der Waals surface area contributed by atoms with Crippen LogP contribution in [0, 0.1) is 5.92 Å². The van der Waals surface area contributed by atoms with Gasteiger partial charge >= 0.3 is 0 Å². The van der Waals surface area contributed by atoms with Crippen LogP contribution in [0.5, 0.6) is 0 Å². The van der Waals surface area contributed by atoms with E-state index in [4.69, 9.17) is 11.6 Å². The number of halogens is 1. The molecule has 0 aliphatic carbocycles. The van der Waals surface area contributed by atoms with Crippen molar-refractivity contribution in [2.45, 2.75) is 19.9 Å². The summed E-state index contributed by atoms with van der Waals surface area (Å²) in [6.07, 6.45) is 0. The molecule has 1 saturated heterocycles. The van der Waals surface area contributed by atoms with Crippen LogP contribution in [0.4, 0.5) is 0 Å². The molecule has 1 N–H and O–H groups in total. The van der Waals surface area contributed by atoms with Gasteiger partial charge in [-0.15, -0.1) is 23.1 Å². The fraction of sp³-hybridized carbons (Fsp3) is 0.389. The van der Waals surface area contributed by atoms with E-state index in [1.807, 2.05) is 26.0 Å². The molecule has 5 nitrogen and oxygen atoms in total. The summed E-state index contributed by atoms with van der Waals surface area (Å²) >= 11 is 8.91. The molecule has 8 heteroatoms. The lowest BCUT2D eigenvalue weighted by molar-refractivity contribution is -0.124. The standard InChI is InChI=1S/C18H20ClN3O2S2/c1-11(2)7-20-16(23)15-9-25-10-22(15)18(24)14-8-26-17(21-14)12-3-5-13(19)6-4-12/h3-6,8,11,15H,7,9-10H2,1-2H3,(H,20,23). The summed E-state index contributed by atoms with van der Waals surface area (Å²) < 4.78 is 0. The molecule has 2 aromatic rings. The predicted molar refractivity (Wildman–Crippen MR) is 108 cm³/mol. The number of hydrogen-bond acceptors (Lipinski definition) is 5. The molecule has 1 aromatic carbocycles. The fourth-order valence-electron chi connectivity index (χ4n) is 2.53. The monoisotopic (exact) mass is 409 g/mol. The van der Waals surface area contributed by atoms with E-state index in [-0.39, 0.29) is 11.8 Å². The topological polar surface area (TPSA) is 62.3 Å². The summed E-state index contributed by atoms with van der Waals surface area (Å²) in [5, 5.41) is 6.09. The van der Waals surface area contributed by atoms with Gasteiger partial charge in [0, 0.05) is 28.3 Å². The SMILES string of the molecule is CC(C)CNC(=O)C1CSCN1C(=O)c1csc(-c2ccc(Cl)cc2)n1. The maximum atomic E-state index is 12.9. The van der Waals surface area contributed by atoms with Gasteiger partial charge in [0.05, 0.1) is 5.88 Å². The Balaban J connectivity index is 1.72. The molecule has 0 saturated carbocycles. The zero-order valence-corrected chi connectivity index (χ0v) is 17.0. The number of carbonyl (C=O) groups excluding carboxylic acids is 2. The van der Waals surface area contributed by atoms with Gasteiger partial charge in [0.15, 0.2) is 0 Å². The molecule has 138 valence electrons. The van der Waals surface area contributed by atoms with Crippen LogP contribution in [0.2, 0.25) is 5.02 Å². The van der Waals surface area contributed by atoms with Crippen LogP contribution < -0.4 is 5.32 Å². The normalized spacial score (nSPS) is 16.9. The van der Waals surface area contributed by atoms with Gasteiger partial charge in [-0.2, -0.15) is 0 Å². The summed E-state index contributed by atoms with van der Waals surface area (Å²) in [6.45, 7) is 4.69. The van der Waals surface area contributed by atoms with E-state index >= 15 is 0 Å². The first kappa shape index (κ1) is 19.2. The van der Waals surface area contributed by atoms with E-state index in [0.29, 0.717) is 34.8 Å². The predicted octanol–water partition coefficient (Wildman–Crippen LogP) is 3.75. The van der Waals surface area contributed by atoms with E-state index in [9.17, 15) is 9.59 Å². The van der Waals surface area contributed by atoms with Crippen molar-refractivity contribution in [1.29, 1.82) is 0 Å². The minimum atomic E-state index is -0.438. The molecule has 2 heterocycles. The molecule has 1 aliphatic heterocycles. The number of amides is 2. The average molecular weight is 410 g/mol. The summed E-state index contributed by atoms with van der Waals surface area (Å²) in [7, 11) is 0. The zero-order valence-electron chi connectivity index (χ0n) is 14.6. The van der Waals surface area contributed by atoms with Crippen molar-refractivity contribution < 1.29 is 9.59 Å². The molecule has 1 atom stereocenters. The Morgan fingerprint density at radius 1 is 1.35 bits per heavy atom. The number of aromatic nitrogens is 1. The Hall–Kier alpha value is -1.57. The van der Waals surface area contributed by atoms with E-state index in [1.165, 1.54) is 11.3 Å². The summed E-state index contributed by atoms with van der Waals surface area (Å²) in [5.74, 6) is 1.20. The van der Waals surface area contributed by atoms with Crippen LogP contribution in [-0.2, 0) is 4.79 Å². The number of thiazole rings is 1. The summed E-state index contributed by atoms with van der Waals surface area (Å²) in [5.41, 5.74) is 1.30. The number of nitrogens with one attached hydrogen (secondary N) is 1. The zero-order chi connectivity index (χ0) is 18.7. The molecule has 1 aliphatic rings. The second-order valence-corrected chi connectivity index (χ2v) is 8.77. The minimum absolute atomic E-state index is 0.0924. The first-order valence-electron chi connectivity index (χ1n) is 8.33. The second kappa shape index (κ2) is 8.41. The van der Waals surface area contributed by atoms with Crippen molar-refractivity contribution in [2.24, 2.45) is 5.92 Å². The second-order valence-electron chi connectivity index (χ2n) is 6.47. The van der Waals surface area contributed by atoms with E-state index in [2.05, 4.69) is 10.3 Å². The molecule has 1 aromatic heterocycles. The lowest BCUT2D eigenvalue weighted by atomic mass is 10.2. The Morgan fingerprint density at radius 2 is 2.08 bits per heavy atom. The van der Waals surface area contributed by atoms with Crippen LogP contribution in [0.15, 0.2) is 29.6 Å². The number of nitrogens with zero attached hydrogens (tertiary/aromatic N) is 2. The molecule has 0 bridgehead atoms. The number of thioether (sulfide) groups is 1. The molecule has 1 fully saturated rings. The van der Waals surface area contributed by atoms with Crippen molar-refractivity contribution in [2.75, 3.05) is 18.2 Å². The molecule has 0 spiro atoms. The van der Waals surface area contributed by atoms with Gasteiger partial charge in [0.25, 0.3) is 5.91 Å². The van der Waals surface area contributed by atoms with Crippen molar-refractivity contribution >= 4 is 46.5 Å². The van der Waals surface area contributed by atoms with Gasteiger partial charge in [-0.1, -0.05) is 37.6 Å². The van der Waals surface area contributed by atoms with Crippen molar-refractivity contribution in [3.63, 3.8) is 0 Å². The molecular formula is C18H20ClN3O2S2. The van der Waals surface area contributed by atoms with Crippen LogP contribution in [0.1, 0.15) is 24.3 Å². The third-order valence-corrected chi connectivity index (χ3v) is 6.10. The summed E-state index contributed by atoms with van der Waals surface area (Å²) in [6, 6.07) is 6.91. The van der Waals surface area contributed by atoms with E-state index in [0.717, 1.165) is 10.6 Å². The Morgan fingerprint density at radius 3 is 2.77 bits per heavy atom. The van der Waals surface area contributed by atoms with Crippen LogP contribution >= 0.6 is 34.7 Å². The Kier molecular flexibility index (Phi) is 6.21. The van der Waals surface area contributed by atoms with Crippen LogP contribution in [-0.4, -0.2) is 45.9 Å². The smallest absolute Gasteiger partial charge is 0.274 e. The van der Waals surface area contributed by atoms with E-state index < -0.39 is 6.04 Å². The maximum absolute atomic E-state index is 12.9. The van der Waals surface area contributed by atoms with E-state index in [1.54, 1.807) is 34.2 Å². The molecule has 0 radical (unpaired) electrons. The van der Waals surface area contributed by atoms with Gasteiger partial charge in [-0.25, -0.2) is 4.98 Å². The lowest BCUT2D eigenvalue weighted by Crippen LogP contribution is -2.48. The molecular weight excluding hydrogens is 390 g/mol. The van der Waals surface area contributed by atoms with Crippen LogP contribution in [0.3, 0.4) is 0 Å². The highest BCUT2D eigenvalue weighted by molar-refractivity contribution is 7.99. The first-order valence-corrected chi connectivity index (χ1v) is 10.7. The number of rotatable bonds is 5. The quantitative estimate of drug-likeness (QED) is 0.816. The van der Waals surface area contributed by atoms with Crippen molar-refractivity contribution in [1.82, 2.24) is 15.2 Å². The maximum Gasteiger partial charge on any atom is 0.274 e. The Labute approximate surface area is 166 Å². The van der Waals surface area contributed by atoms with Gasteiger partial charge in [-0.05, 0) is 18.1 Å². The largest absolute Gasteiger partial charge is 0.354 e. The molecule has 3 rings (SSSR count). The third kappa shape index (κ3) is 4.39. The Bertz CT molecular complexity index is 792. The molecule has 2 amide bonds. The van der Waals surface area contributed by atoms with Gasteiger partial charge in [-0.3, -0.25) is 9.59 Å². The van der Waals surface area contributed by atoms with Crippen LogP contribution in [0.25, 0.3) is 10.6 Å². The highest BCUT2D eigenvalue weighted by atomic mass is 35.5. The lowest BCUT2D eigenvalue weighted by Gasteiger charge is -2.22. The number of carbonyl (C=O) groups is 2. The van der Waals surface area contributed by atoms with Crippen molar-refractivity contribution in [3.8, 4) is 10.6 Å². The number of benzene rings is 1. The number of hydrogen-bond donors (Lipinski definition) is 1. The fourth-order valence-corrected chi connectivity index (χ4v) is 4.61. The average Bonchev–Trinajstić information content (AvgIpc) is 3.29.